The average Bonchev–Trinajstić information content (AvgIpc) is 3.62. The van der Waals surface area contributed by atoms with Crippen molar-refractivity contribution >= 4 is 27.4 Å². The van der Waals surface area contributed by atoms with Crippen LogP contribution in [-0.4, -0.2) is 63.2 Å². The van der Waals surface area contributed by atoms with Crippen LogP contribution in [0.2, 0.25) is 0 Å². The third-order valence-electron chi connectivity index (χ3n) is 7.13. The summed E-state index contributed by atoms with van der Waals surface area (Å²) in [6.45, 7) is 5.65. The molecular formula is C29H30N6O3S2. The summed E-state index contributed by atoms with van der Waals surface area (Å²) in [7, 11) is -3.65. The Morgan fingerprint density at radius 2 is 1.75 bits per heavy atom. The van der Waals surface area contributed by atoms with Gasteiger partial charge in [-0.15, -0.1) is 10.2 Å². The second kappa shape index (κ2) is 11.2. The molecule has 1 saturated heterocycles. The van der Waals surface area contributed by atoms with Crippen LogP contribution in [0.15, 0.2) is 89.0 Å². The Morgan fingerprint density at radius 3 is 2.52 bits per heavy atom. The lowest BCUT2D eigenvalue weighted by Crippen LogP contribution is -2.40. The number of aryl methyl sites for hydroxylation is 1. The van der Waals surface area contributed by atoms with E-state index in [0.717, 1.165) is 27.8 Å². The van der Waals surface area contributed by atoms with Crippen LogP contribution < -0.4 is 0 Å². The van der Waals surface area contributed by atoms with E-state index in [-0.39, 0.29) is 10.9 Å². The molecule has 5 aromatic rings. The highest BCUT2D eigenvalue weighted by Gasteiger charge is 2.28. The molecule has 0 radical (unpaired) electrons. The van der Waals surface area contributed by atoms with E-state index in [1.165, 1.54) is 4.31 Å². The van der Waals surface area contributed by atoms with Crippen LogP contribution in [0.5, 0.6) is 0 Å². The number of nitrogens with zero attached hydrogens (tertiary/aromatic N) is 6. The van der Waals surface area contributed by atoms with Crippen LogP contribution in [0.3, 0.4) is 0 Å². The van der Waals surface area contributed by atoms with Crippen LogP contribution in [0, 0.1) is 6.92 Å². The molecule has 2 aromatic carbocycles. The molecule has 0 spiro atoms. The normalized spacial score (nSPS) is 15.4. The van der Waals surface area contributed by atoms with Crippen molar-refractivity contribution in [2.75, 3.05) is 26.3 Å². The lowest BCUT2D eigenvalue weighted by atomic mass is 10.1. The number of morpholine rings is 1. The maximum Gasteiger partial charge on any atom is 0.243 e. The van der Waals surface area contributed by atoms with Gasteiger partial charge in [0.15, 0.2) is 11.0 Å². The Hall–Kier alpha value is -3.51. The molecule has 6 rings (SSSR count). The SMILES string of the molecule is Cc1cccc2nc(CSc3nnc(-c4cccc(S(=O)(=O)N5CCOCC5)c4)n3C(C)c3ccccc3)cn12. The van der Waals surface area contributed by atoms with Crippen molar-refractivity contribution < 1.29 is 13.2 Å². The Bertz CT molecular complexity index is 1740. The first-order valence-electron chi connectivity index (χ1n) is 13.2. The van der Waals surface area contributed by atoms with Crippen molar-refractivity contribution in [3.63, 3.8) is 0 Å². The zero-order chi connectivity index (χ0) is 27.7. The van der Waals surface area contributed by atoms with E-state index >= 15 is 0 Å². The van der Waals surface area contributed by atoms with E-state index in [9.17, 15) is 8.42 Å². The monoisotopic (exact) mass is 574 g/mol. The average molecular weight is 575 g/mol. The fourth-order valence-electron chi connectivity index (χ4n) is 4.94. The second-order valence-corrected chi connectivity index (χ2v) is 12.6. The van der Waals surface area contributed by atoms with Gasteiger partial charge in [-0.2, -0.15) is 4.31 Å². The quantitative estimate of drug-likeness (QED) is 0.245. The number of ether oxygens (including phenoxy) is 1. The minimum absolute atomic E-state index is 0.0866. The number of pyridine rings is 1. The molecule has 1 aliphatic rings. The van der Waals surface area contributed by atoms with E-state index < -0.39 is 10.0 Å². The predicted octanol–water partition coefficient (Wildman–Crippen LogP) is 4.82. The second-order valence-electron chi connectivity index (χ2n) is 9.72. The molecule has 40 heavy (non-hydrogen) atoms. The lowest BCUT2D eigenvalue weighted by Gasteiger charge is -2.26. The molecule has 206 valence electrons. The van der Waals surface area contributed by atoms with Gasteiger partial charge in [0.05, 0.1) is 29.8 Å². The highest BCUT2D eigenvalue weighted by atomic mass is 32.2. The molecule has 1 unspecified atom stereocenters. The van der Waals surface area contributed by atoms with Crippen LogP contribution >= 0.6 is 11.8 Å². The van der Waals surface area contributed by atoms with E-state index in [2.05, 4.69) is 57.4 Å². The summed E-state index contributed by atoms with van der Waals surface area (Å²) in [4.78, 5) is 5.01. The number of aromatic nitrogens is 5. The Morgan fingerprint density at radius 1 is 0.975 bits per heavy atom. The fourth-order valence-corrected chi connectivity index (χ4v) is 7.29. The zero-order valence-electron chi connectivity index (χ0n) is 22.3. The number of hydrogen-bond donors (Lipinski definition) is 0. The number of sulfonamides is 1. The predicted molar refractivity (Wildman–Crippen MR) is 155 cm³/mol. The molecule has 1 fully saturated rings. The molecule has 1 atom stereocenters. The molecule has 4 heterocycles. The van der Waals surface area contributed by atoms with Crippen LogP contribution in [0.4, 0.5) is 0 Å². The first kappa shape index (κ1) is 26.7. The number of imidazole rings is 1. The van der Waals surface area contributed by atoms with Gasteiger partial charge >= 0.3 is 0 Å². The Labute approximate surface area is 237 Å². The molecule has 0 aliphatic carbocycles. The summed E-state index contributed by atoms with van der Waals surface area (Å²) in [5.74, 6) is 1.23. The summed E-state index contributed by atoms with van der Waals surface area (Å²) in [5, 5.41) is 9.89. The molecule has 0 N–H and O–H groups in total. The first-order chi connectivity index (χ1) is 19.4. The van der Waals surface area contributed by atoms with Crippen molar-refractivity contribution in [2.24, 2.45) is 0 Å². The van der Waals surface area contributed by atoms with Crippen molar-refractivity contribution in [3.05, 3.63) is 95.9 Å². The first-order valence-corrected chi connectivity index (χ1v) is 15.6. The molecule has 0 bridgehead atoms. The smallest absolute Gasteiger partial charge is 0.243 e. The molecule has 0 amide bonds. The number of rotatable bonds is 8. The molecule has 9 nitrogen and oxygen atoms in total. The summed E-state index contributed by atoms with van der Waals surface area (Å²) < 4.78 is 37.8. The Kier molecular flexibility index (Phi) is 7.45. The van der Waals surface area contributed by atoms with Crippen LogP contribution in [-0.2, 0) is 20.5 Å². The maximum absolute atomic E-state index is 13.4. The molecule has 1 aliphatic heterocycles. The van der Waals surface area contributed by atoms with Gasteiger partial charge in [-0.1, -0.05) is 60.3 Å². The lowest BCUT2D eigenvalue weighted by molar-refractivity contribution is 0.0730. The van der Waals surface area contributed by atoms with Crippen molar-refractivity contribution in [3.8, 4) is 11.4 Å². The van der Waals surface area contributed by atoms with Gasteiger partial charge < -0.3 is 9.14 Å². The van der Waals surface area contributed by atoms with Gasteiger partial charge in [-0.05, 0) is 43.7 Å². The Balaban J connectivity index is 1.36. The minimum atomic E-state index is -3.65. The summed E-state index contributed by atoms with van der Waals surface area (Å²) in [6, 6.07) is 23.1. The van der Waals surface area contributed by atoms with Gasteiger partial charge in [0.25, 0.3) is 0 Å². The van der Waals surface area contributed by atoms with Gasteiger partial charge in [0.1, 0.15) is 5.65 Å². The van der Waals surface area contributed by atoms with E-state index in [0.29, 0.717) is 43.4 Å². The van der Waals surface area contributed by atoms with E-state index in [1.807, 2.05) is 36.4 Å². The van der Waals surface area contributed by atoms with Gasteiger partial charge in [-0.3, -0.25) is 4.57 Å². The highest BCUT2D eigenvalue weighted by molar-refractivity contribution is 7.98. The van der Waals surface area contributed by atoms with Gasteiger partial charge in [0, 0.05) is 36.3 Å². The highest BCUT2D eigenvalue weighted by Crippen LogP contribution is 2.33. The number of benzene rings is 2. The molecular weight excluding hydrogens is 544 g/mol. The molecule has 11 heteroatoms. The minimum Gasteiger partial charge on any atom is -0.379 e. The molecule has 0 saturated carbocycles. The maximum atomic E-state index is 13.4. The van der Waals surface area contributed by atoms with Crippen molar-refractivity contribution in [1.29, 1.82) is 0 Å². The van der Waals surface area contributed by atoms with E-state index in [1.54, 1.807) is 30.0 Å². The van der Waals surface area contributed by atoms with E-state index in [4.69, 9.17) is 9.72 Å². The molecule has 3 aromatic heterocycles. The van der Waals surface area contributed by atoms with Gasteiger partial charge in [0.2, 0.25) is 10.0 Å². The van der Waals surface area contributed by atoms with Crippen LogP contribution in [0.1, 0.15) is 29.9 Å². The van der Waals surface area contributed by atoms with Crippen molar-refractivity contribution in [1.82, 2.24) is 28.5 Å². The zero-order valence-corrected chi connectivity index (χ0v) is 24.0. The summed E-state index contributed by atoms with van der Waals surface area (Å²) in [6.07, 6.45) is 2.06. The largest absolute Gasteiger partial charge is 0.379 e. The summed E-state index contributed by atoms with van der Waals surface area (Å²) >= 11 is 1.57. The number of hydrogen-bond acceptors (Lipinski definition) is 7. The topological polar surface area (TPSA) is 94.6 Å². The number of fused-ring (bicyclic) bond motifs is 1. The van der Waals surface area contributed by atoms with Crippen molar-refractivity contribution in [2.45, 2.75) is 35.7 Å². The third-order valence-corrected chi connectivity index (χ3v) is 10.0. The standard InChI is InChI=1S/C29H30N6O3S2/c1-21-8-6-13-27-30-25(19-34(21)27)20-39-29-32-31-28(35(29)22(2)23-9-4-3-5-10-23)24-11-7-12-26(18-24)40(36,37)33-14-16-38-17-15-33/h3-13,18-19,22H,14-17,20H2,1-2H3. The van der Waals surface area contributed by atoms with Crippen LogP contribution in [0.25, 0.3) is 17.0 Å². The fraction of sp³-hybridized carbons (Fsp3) is 0.276. The van der Waals surface area contributed by atoms with Gasteiger partial charge in [-0.25, -0.2) is 13.4 Å². The number of thioether (sulfide) groups is 1. The third kappa shape index (κ3) is 5.17. The summed E-state index contributed by atoms with van der Waals surface area (Å²) in [5.41, 5.74) is 4.78.